The number of benzene rings is 1. The summed E-state index contributed by atoms with van der Waals surface area (Å²) in [4.78, 5) is 0.736. The topological polar surface area (TPSA) is 43.4 Å². The van der Waals surface area contributed by atoms with Crippen molar-refractivity contribution in [2.45, 2.75) is 24.8 Å². The van der Waals surface area contributed by atoms with Gasteiger partial charge >= 0.3 is 0 Å². The predicted octanol–water partition coefficient (Wildman–Crippen LogP) is 2.24. The van der Waals surface area contributed by atoms with Gasteiger partial charge in [0.05, 0.1) is 22.5 Å². The van der Waals surface area contributed by atoms with E-state index in [1.54, 1.807) is 24.3 Å². The smallest absolute Gasteiger partial charge is 0.205 e. The summed E-state index contributed by atoms with van der Waals surface area (Å²) in [5.41, 5.74) is 0.754. The standard InChI is InChI=1S/C12H14O3S/c1-9(2)15-8-11-7-10-5-3-4-6-12(10)16(11,13)14/h3-7,9H,8H2,1-2H3. The van der Waals surface area contributed by atoms with Gasteiger partial charge in [0.25, 0.3) is 0 Å². The second kappa shape index (κ2) is 4.03. The van der Waals surface area contributed by atoms with Crippen LogP contribution in [0.3, 0.4) is 0 Å². The molecule has 0 aliphatic carbocycles. The van der Waals surface area contributed by atoms with Crippen molar-refractivity contribution >= 4 is 15.9 Å². The molecule has 86 valence electrons. The Labute approximate surface area is 95.7 Å². The zero-order valence-electron chi connectivity index (χ0n) is 9.30. The second-order valence-corrected chi connectivity index (χ2v) is 5.98. The number of hydrogen-bond donors (Lipinski definition) is 0. The Bertz CT molecular complexity index is 527. The van der Waals surface area contributed by atoms with Gasteiger partial charge in [-0.1, -0.05) is 18.2 Å². The van der Waals surface area contributed by atoms with Gasteiger partial charge in [-0.25, -0.2) is 8.42 Å². The fourth-order valence-electron chi connectivity index (χ4n) is 1.60. The minimum Gasteiger partial charge on any atom is -0.373 e. The van der Waals surface area contributed by atoms with Crippen molar-refractivity contribution in [3.8, 4) is 0 Å². The highest BCUT2D eigenvalue weighted by molar-refractivity contribution is 7.95. The maximum atomic E-state index is 12.0. The highest BCUT2D eigenvalue weighted by Gasteiger charge is 2.29. The molecule has 0 N–H and O–H groups in total. The van der Waals surface area contributed by atoms with E-state index in [-0.39, 0.29) is 12.7 Å². The van der Waals surface area contributed by atoms with Gasteiger partial charge in [0.1, 0.15) is 0 Å². The predicted molar refractivity (Wildman–Crippen MR) is 62.7 cm³/mol. The summed E-state index contributed by atoms with van der Waals surface area (Å²) < 4.78 is 29.4. The van der Waals surface area contributed by atoms with Crippen LogP contribution in [-0.4, -0.2) is 21.1 Å². The Hall–Kier alpha value is -1.13. The lowest BCUT2D eigenvalue weighted by Gasteiger charge is -2.08. The van der Waals surface area contributed by atoms with E-state index >= 15 is 0 Å². The van der Waals surface area contributed by atoms with Gasteiger partial charge in [-0.15, -0.1) is 0 Å². The summed E-state index contributed by atoms with van der Waals surface area (Å²) >= 11 is 0. The van der Waals surface area contributed by atoms with Crippen LogP contribution in [0.5, 0.6) is 0 Å². The lowest BCUT2D eigenvalue weighted by atomic mass is 10.2. The number of ether oxygens (including phenoxy) is 1. The van der Waals surface area contributed by atoms with E-state index in [2.05, 4.69) is 0 Å². The van der Waals surface area contributed by atoms with Crippen LogP contribution in [0.15, 0.2) is 34.1 Å². The number of sulfone groups is 1. The first-order chi connectivity index (χ1) is 7.51. The fourth-order valence-corrected chi connectivity index (χ4v) is 3.09. The van der Waals surface area contributed by atoms with Crippen LogP contribution < -0.4 is 0 Å². The third-order valence-electron chi connectivity index (χ3n) is 2.43. The third kappa shape index (κ3) is 1.90. The minimum absolute atomic E-state index is 0.0276. The molecule has 0 fully saturated rings. The van der Waals surface area contributed by atoms with Crippen LogP contribution in [0, 0.1) is 0 Å². The molecule has 16 heavy (non-hydrogen) atoms. The van der Waals surface area contributed by atoms with Gasteiger partial charge < -0.3 is 4.74 Å². The summed E-state index contributed by atoms with van der Waals surface area (Å²) in [6.07, 6.45) is 1.72. The van der Waals surface area contributed by atoms with Crippen molar-refractivity contribution in [2.75, 3.05) is 6.61 Å². The molecule has 1 heterocycles. The first-order valence-corrected chi connectivity index (χ1v) is 6.66. The van der Waals surface area contributed by atoms with Crippen molar-refractivity contribution < 1.29 is 13.2 Å². The van der Waals surface area contributed by atoms with Gasteiger partial charge in [0.2, 0.25) is 9.84 Å². The van der Waals surface area contributed by atoms with Crippen molar-refractivity contribution in [1.82, 2.24) is 0 Å². The second-order valence-electron chi connectivity index (χ2n) is 4.01. The molecule has 0 atom stereocenters. The molecular formula is C12H14O3S. The van der Waals surface area contributed by atoms with E-state index in [0.717, 1.165) is 5.56 Å². The molecule has 1 aromatic carbocycles. The van der Waals surface area contributed by atoms with Gasteiger partial charge in [-0.05, 0) is 31.6 Å². The molecule has 1 aromatic rings. The first-order valence-electron chi connectivity index (χ1n) is 5.18. The van der Waals surface area contributed by atoms with Gasteiger partial charge in [0, 0.05) is 0 Å². The number of rotatable bonds is 3. The molecule has 0 unspecified atom stereocenters. The van der Waals surface area contributed by atoms with Crippen LogP contribution in [0.1, 0.15) is 19.4 Å². The molecule has 0 saturated carbocycles. The molecule has 0 aromatic heterocycles. The highest BCUT2D eigenvalue weighted by atomic mass is 32.2. The maximum Gasteiger partial charge on any atom is 0.205 e. The van der Waals surface area contributed by atoms with Gasteiger partial charge in [-0.3, -0.25) is 0 Å². The molecule has 1 aliphatic heterocycles. The molecular weight excluding hydrogens is 224 g/mol. The monoisotopic (exact) mass is 238 g/mol. The van der Waals surface area contributed by atoms with E-state index in [1.807, 2.05) is 19.9 Å². The highest BCUT2D eigenvalue weighted by Crippen LogP contribution is 2.32. The Morgan fingerprint density at radius 3 is 2.56 bits per heavy atom. The summed E-state index contributed by atoms with van der Waals surface area (Å²) in [6, 6.07) is 6.99. The summed E-state index contributed by atoms with van der Waals surface area (Å²) in [5, 5.41) is 0. The average Bonchev–Trinajstić information content (AvgIpc) is 2.48. The molecule has 2 rings (SSSR count). The fraction of sp³-hybridized carbons (Fsp3) is 0.333. The summed E-state index contributed by atoms with van der Waals surface area (Å²) in [7, 11) is -3.31. The molecule has 0 saturated heterocycles. The molecule has 1 aliphatic rings. The summed E-state index contributed by atoms with van der Waals surface area (Å²) in [6.45, 7) is 3.92. The van der Waals surface area contributed by atoms with Crippen LogP contribution in [0.4, 0.5) is 0 Å². The molecule has 0 radical (unpaired) electrons. The Morgan fingerprint density at radius 1 is 1.25 bits per heavy atom. The van der Waals surface area contributed by atoms with Crippen molar-refractivity contribution in [3.05, 3.63) is 34.7 Å². The van der Waals surface area contributed by atoms with Crippen molar-refractivity contribution in [1.29, 1.82) is 0 Å². The Kier molecular flexibility index (Phi) is 2.86. The normalized spacial score (nSPS) is 17.3. The van der Waals surface area contributed by atoms with Crippen LogP contribution in [-0.2, 0) is 14.6 Å². The van der Waals surface area contributed by atoms with Crippen LogP contribution in [0.25, 0.3) is 6.08 Å². The largest absolute Gasteiger partial charge is 0.373 e. The number of fused-ring (bicyclic) bond motifs is 1. The van der Waals surface area contributed by atoms with Crippen molar-refractivity contribution in [3.63, 3.8) is 0 Å². The first kappa shape index (κ1) is 11.4. The van der Waals surface area contributed by atoms with E-state index < -0.39 is 9.84 Å². The van der Waals surface area contributed by atoms with Gasteiger partial charge in [-0.2, -0.15) is 0 Å². The lowest BCUT2D eigenvalue weighted by molar-refractivity contribution is 0.101. The van der Waals surface area contributed by atoms with Crippen molar-refractivity contribution in [2.24, 2.45) is 0 Å². The number of hydrogen-bond acceptors (Lipinski definition) is 3. The molecule has 3 nitrogen and oxygen atoms in total. The minimum atomic E-state index is -3.31. The maximum absolute atomic E-state index is 12.0. The Morgan fingerprint density at radius 2 is 1.94 bits per heavy atom. The molecule has 4 heteroatoms. The van der Waals surface area contributed by atoms with Gasteiger partial charge in [0.15, 0.2) is 0 Å². The Balaban J connectivity index is 2.32. The zero-order chi connectivity index (χ0) is 11.8. The van der Waals surface area contributed by atoms with E-state index in [1.165, 1.54) is 0 Å². The third-order valence-corrected chi connectivity index (χ3v) is 4.31. The molecule has 0 bridgehead atoms. The van der Waals surface area contributed by atoms with E-state index in [0.29, 0.717) is 9.80 Å². The zero-order valence-corrected chi connectivity index (χ0v) is 10.1. The quantitative estimate of drug-likeness (QED) is 0.811. The summed E-state index contributed by atoms with van der Waals surface area (Å²) in [5.74, 6) is 0. The lowest BCUT2D eigenvalue weighted by Crippen LogP contribution is -2.10. The molecule has 0 spiro atoms. The molecule has 0 amide bonds. The van der Waals surface area contributed by atoms with Crippen LogP contribution >= 0.6 is 0 Å². The van der Waals surface area contributed by atoms with Crippen LogP contribution in [0.2, 0.25) is 0 Å². The van der Waals surface area contributed by atoms with E-state index in [4.69, 9.17) is 4.74 Å². The van der Waals surface area contributed by atoms with E-state index in [9.17, 15) is 8.42 Å². The average molecular weight is 238 g/mol. The SMILES string of the molecule is CC(C)OCC1=Cc2ccccc2S1(=O)=O.